The van der Waals surface area contributed by atoms with Gasteiger partial charge in [0.1, 0.15) is 0 Å². The molecule has 9 heteroatoms. The fourth-order valence-electron chi connectivity index (χ4n) is 3.00. The SMILES string of the molecule is CN=C(NCCCOCC1CCOCC1)NCc1nc(-c2cccc(Cl)c2)no1. The number of guanidine groups is 1. The smallest absolute Gasteiger partial charge is 0.246 e. The van der Waals surface area contributed by atoms with Gasteiger partial charge >= 0.3 is 0 Å². The standard InChI is InChI=1S/C20H28ClN5O3/c1-22-20(23-8-3-9-28-14-15-6-10-27-11-7-15)24-13-18-25-19(26-29-18)16-4-2-5-17(21)12-16/h2,4-5,12,15H,3,6-11,13-14H2,1H3,(H2,22,23,24). The molecule has 1 aromatic carbocycles. The second-order valence-electron chi connectivity index (χ2n) is 6.86. The van der Waals surface area contributed by atoms with Gasteiger partial charge in [-0.05, 0) is 37.3 Å². The van der Waals surface area contributed by atoms with E-state index in [1.807, 2.05) is 12.1 Å². The van der Waals surface area contributed by atoms with Gasteiger partial charge in [0.25, 0.3) is 0 Å². The van der Waals surface area contributed by atoms with Crippen LogP contribution in [0.25, 0.3) is 11.4 Å². The zero-order chi connectivity index (χ0) is 20.3. The highest BCUT2D eigenvalue weighted by atomic mass is 35.5. The van der Waals surface area contributed by atoms with E-state index in [4.69, 9.17) is 25.6 Å². The van der Waals surface area contributed by atoms with E-state index in [0.29, 0.717) is 35.2 Å². The Bertz CT molecular complexity index is 777. The van der Waals surface area contributed by atoms with E-state index in [-0.39, 0.29) is 0 Å². The Morgan fingerprint density at radius 1 is 1.31 bits per heavy atom. The first-order chi connectivity index (χ1) is 14.2. The van der Waals surface area contributed by atoms with Crippen molar-refractivity contribution in [2.24, 2.45) is 10.9 Å². The molecule has 1 aromatic heterocycles. The van der Waals surface area contributed by atoms with Gasteiger partial charge in [-0.1, -0.05) is 28.9 Å². The fraction of sp³-hybridized carbons (Fsp3) is 0.550. The van der Waals surface area contributed by atoms with Crippen LogP contribution in [-0.2, 0) is 16.0 Å². The van der Waals surface area contributed by atoms with E-state index < -0.39 is 0 Å². The lowest BCUT2D eigenvalue weighted by atomic mass is 10.0. The number of benzene rings is 1. The highest BCUT2D eigenvalue weighted by molar-refractivity contribution is 6.30. The van der Waals surface area contributed by atoms with E-state index in [9.17, 15) is 0 Å². The monoisotopic (exact) mass is 421 g/mol. The van der Waals surface area contributed by atoms with Gasteiger partial charge in [0.05, 0.1) is 6.54 Å². The molecule has 0 unspecified atom stereocenters. The summed E-state index contributed by atoms with van der Waals surface area (Å²) in [5, 5.41) is 11.1. The maximum absolute atomic E-state index is 6.01. The summed E-state index contributed by atoms with van der Waals surface area (Å²) in [5.74, 6) is 2.30. The molecule has 1 saturated heterocycles. The van der Waals surface area contributed by atoms with Gasteiger partial charge < -0.3 is 24.6 Å². The van der Waals surface area contributed by atoms with Crippen molar-refractivity contribution in [3.63, 3.8) is 0 Å². The van der Waals surface area contributed by atoms with Crippen molar-refractivity contribution < 1.29 is 14.0 Å². The average molecular weight is 422 g/mol. The predicted octanol–water partition coefficient (Wildman–Crippen LogP) is 2.89. The normalized spacial score (nSPS) is 15.4. The number of aliphatic imine (C=N–C) groups is 1. The van der Waals surface area contributed by atoms with Crippen LogP contribution in [-0.4, -0.2) is 56.1 Å². The molecule has 0 atom stereocenters. The quantitative estimate of drug-likeness (QED) is 0.365. The third kappa shape index (κ3) is 7.30. The Morgan fingerprint density at radius 2 is 2.17 bits per heavy atom. The van der Waals surface area contributed by atoms with Gasteiger partial charge in [-0.15, -0.1) is 0 Å². The van der Waals surface area contributed by atoms with Gasteiger partial charge in [-0.25, -0.2) is 0 Å². The molecule has 0 aliphatic carbocycles. The van der Waals surface area contributed by atoms with E-state index in [0.717, 1.165) is 57.8 Å². The van der Waals surface area contributed by atoms with Gasteiger partial charge in [-0.2, -0.15) is 4.98 Å². The molecule has 0 saturated carbocycles. The first-order valence-corrected chi connectivity index (χ1v) is 10.3. The predicted molar refractivity (Wildman–Crippen MR) is 112 cm³/mol. The lowest BCUT2D eigenvalue weighted by molar-refractivity contribution is 0.0203. The number of nitrogens with zero attached hydrogens (tertiary/aromatic N) is 3. The maximum atomic E-state index is 6.01. The highest BCUT2D eigenvalue weighted by Crippen LogP contribution is 2.19. The lowest BCUT2D eigenvalue weighted by Crippen LogP contribution is -2.37. The first kappa shape index (κ1) is 21.5. The van der Waals surface area contributed by atoms with Crippen LogP contribution >= 0.6 is 11.6 Å². The highest BCUT2D eigenvalue weighted by Gasteiger charge is 2.13. The van der Waals surface area contributed by atoms with Crippen molar-refractivity contribution in [3.05, 3.63) is 35.2 Å². The third-order valence-corrected chi connectivity index (χ3v) is 4.87. The molecule has 1 aliphatic rings. The molecular weight excluding hydrogens is 394 g/mol. The number of halogens is 1. The van der Waals surface area contributed by atoms with Crippen molar-refractivity contribution in [1.29, 1.82) is 0 Å². The molecule has 158 valence electrons. The van der Waals surface area contributed by atoms with Crippen molar-refractivity contribution in [2.45, 2.75) is 25.8 Å². The zero-order valence-electron chi connectivity index (χ0n) is 16.7. The van der Waals surface area contributed by atoms with Crippen molar-refractivity contribution >= 4 is 17.6 Å². The number of ether oxygens (including phenoxy) is 2. The minimum atomic E-state index is 0.382. The van der Waals surface area contributed by atoms with Gasteiger partial charge in [0, 0.05) is 50.6 Å². The van der Waals surface area contributed by atoms with Crippen LogP contribution in [0.5, 0.6) is 0 Å². The Labute approximate surface area is 176 Å². The second kappa shape index (κ2) is 11.7. The van der Waals surface area contributed by atoms with Crippen molar-refractivity contribution in [2.75, 3.05) is 40.0 Å². The third-order valence-electron chi connectivity index (χ3n) is 4.63. The van der Waals surface area contributed by atoms with Crippen molar-refractivity contribution in [3.8, 4) is 11.4 Å². The lowest BCUT2D eigenvalue weighted by Gasteiger charge is -2.21. The molecule has 2 N–H and O–H groups in total. The molecule has 0 amide bonds. The molecule has 2 heterocycles. The summed E-state index contributed by atoms with van der Waals surface area (Å²) in [7, 11) is 1.72. The molecule has 0 spiro atoms. The number of aromatic nitrogens is 2. The van der Waals surface area contributed by atoms with Crippen LogP contribution in [0.3, 0.4) is 0 Å². The Balaban J connectivity index is 1.32. The van der Waals surface area contributed by atoms with Crippen LogP contribution in [0.2, 0.25) is 5.02 Å². The molecule has 29 heavy (non-hydrogen) atoms. The molecule has 2 aromatic rings. The Morgan fingerprint density at radius 3 is 2.97 bits per heavy atom. The van der Waals surface area contributed by atoms with E-state index in [1.54, 1.807) is 19.2 Å². The summed E-state index contributed by atoms with van der Waals surface area (Å²) in [6.45, 7) is 4.42. The van der Waals surface area contributed by atoms with Gasteiger partial charge in [0.15, 0.2) is 5.96 Å². The number of hydrogen-bond donors (Lipinski definition) is 2. The van der Waals surface area contributed by atoms with Crippen LogP contribution in [0.15, 0.2) is 33.8 Å². The largest absolute Gasteiger partial charge is 0.381 e. The molecule has 1 fully saturated rings. The van der Waals surface area contributed by atoms with Crippen LogP contribution in [0.1, 0.15) is 25.2 Å². The van der Waals surface area contributed by atoms with E-state index >= 15 is 0 Å². The van der Waals surface area contributed by atoms with Crippen LogP contribution in [0, 0.1) is 5.92 Å². The summed E-state index contributed by atoms with van der Waals surface area (Å²) in [6.07, 6.45) is 3.11. The topological polar surface area (TPSA) is 93.8 Å². The minimum absolute atomic E-state index is 0.382. The van der Waals surface area contributed by atoms with Gasteiger partial charge in [-0.3, -0.25) is 4.99 Å². The summed E-state index contributed by atoms with van der Waals surface area (Å²) >= 11 is 6.01. The fourth-order valence-corrected chi connectivity index (χ4v) is 3.19. The summed E-state index contributed by atoms with van der Waals surface area (Å²) < 4.78 is 16.4. The minimum Gasteiger partial charge on any atom is -0.381 e. The first-order valence-electron chi connectivity index (χ1n) is 9.93. The van der Waals surface area contributed by atoms with Crippen molar-refractivity contribution in [1.82, 2.24) is 20.8 Å². The van der Waals surface area contributed by atoms with E-state index in [2.05, 4.69) is 25.8 Å². The molecule has 0 radical (unpaired) electrons. The summed E-state index contributed by atoms with van der Waals surface area (Å²) in [6, 6.07) is 7.34. The second-order valence-corrected chi connectivity index (χ2v) is 7.30. The number of hydrogen-bond acceptors (Lipinski definition) is 6. The average Bonchev–Trinajstić information content (AvgIpc) is 3.22. The van der Waals surface area contributed by atoms with Crippen LogP contribution in [0.4, 0.5) is 0 Å². The molecule has 3 rings (SSSR count). The molecule has 0 bridgehead atoms. The molecular formula is C20H28ClN5O3. The Hall–Kier alpha value is -2.16. The number of nitrogens with one attached hydrogen (secondary N) is 2. The zero-order valence-corrected chi connectivity index (χ0v) is 17.5. The summed E-state index contributed by atoms with van der Waals surface area (Å²) in [4.78, 5) is 8.59. The Kier molecular flexibility index (Phi) is 8.73. The number of rotatable bonds is 9. The van der Waals surface area contributed by atoms with Gasteiger partial charge in [0.2, 0.25) is 11.7 Å². The molecule has 1 aliphatic heterocycles. The van der Waals surface area contributed by atoms with Crippen LogP contribution < -0.4 is 10.6 Å². The maximum Gasteiger partial charge on any atom is 0.246 e. The summed E-state index contributed by atoms with van der Waals surface area (Å²) in [5.41, 5.74) is 0.816. The van der Waals surface area contributed by atoms with E-state index in [1.165, 1.54) is 0 Å². The molecule has 8 nitrogen and oxygen atoms in total.